The number of thiophene rings is 1. The molecule has 1 rings (SSSR count). The second-order valence-electron chi connectivity index (χ2n) is 3.01. The number of carbonyl (C=O) groups is 1. The molecule has 0 amide bonds. The van der Waals surface area contributed by atoms with Gasteiger partial charge >= 0.3 is 0 Å². The maximum Gasteiger partial charge on any atom is 0.195 e. The Bertz CT molecular complexity index is 336. The molecule has 2 nitrogen and oxygen atoms in total. The molecule has 0 saturated heterocycles. The molecule has 14 heavy (non-hydrogen) atoms. The molecule has 0 spiro atoms. The summed E-state index contributed by atoms with van der Waals surface area (Å²) in [5.74, 6) is 0.0587. The number of allylic oxidation sites excluding steroid dienone is 3. The molecule has 1 heterocycles. The van der Waals surface area contributed by atoms with Crippen molar-refractivity contribution in [1.82, 2.24) is 4.90 Å². The average Bonchev–Trinajstić information content (AvgIpc) is 2.64. The predicted octanol–water partition coefficient (Wildman–Crippen LogP) is 2.56. The zero-order valence-electron chi connectivity index (χ0n) is 8.31. The van der Waals surface area contributed by atoms with Gasteiger partial charge in [-0.3, -0.25) is 4.79 Å². The van der Waals surface area contributed by atoms with Crippen molar-refractivity contribution in [3.63, 3.8) is 0 Å². The summed E-state index contributed by atoms with van der Waals surface area (Å²) in [5, 5.41) is 1.90. The van der Waals surface area contributed by atoms with E-state index in [0.29, 0.717) is 0 Å². The van der Waals surface area contributed by atoms with Crippen LogP contribution in [0.25, 0.3) is 0 Å². The van der Waals surface area contributed by atoms with Gasteiger partial charge in [-0.05, 0) is 29.8 Å². The first-order valence-electron chi connectivity index (χ1n) is 4.29. The van der Waals surface area contributed by atoms with Crippen molar-refractivity contribution < 1.29 is 4.79 Å². The van der Waals surface area contributed by atoms with E-state index in [1.165, 1.54) is 11.3 Å². The van der Waals surface area contributed by atoms with Crippen LogP contribution >= 0.6 is 11.3 Å². The highest BCUT2D eigenvalue weighted by atomic mass is 32.1. The van der Waals surface area contributed by atoms with E-state index in [-0.39, 0.29) is 5.78 Å². The summed E-state index contributed by atoms with van der Waals surface area (Å²) in [4.78, 5) is 14.1. The van der Waals surface area contributed by atoms with Gasteiger partial charge in [-0.2, -0.15) is 0 Å². The lowest BCUT2D eigenvalue weighted by Crippen LogP contribution is -1.99. The molecule has 3 heteroatoms. The van der Waals surface area contributed by atoms with Crippen LogP contribution in [0.4, 0.5) is 0 Å². The molecule has 0 fully saturated rings. The average molecular weight is 207 g/mol. The highest BCUT2D eigenvalue weighted by molar-refractivity contribution is 7.12. The van der Waals surface area contributed by atoms with E-state index in [0.717, 1.165) is 4.88 Å². The monoisotopic (exact) mass is 207 g/mol. The van der Waals surface area contributed by atoms with Crippen molar-refractivity contribution in [3.05, 3.63) is 46.8 Å². The lowest BCUT2D eigenvalue weighted by molar-refractivity contribution is 0.105. The fraction of sp³-hybridized carbons (Fsp3) is 0.182. The van der Waals surface area contributed by atoms with Crippen molar-refractivity contribution >= 4 is 17.1 Å². The Morgan fingerprint density at radius 3 is 2.79 bits per heavy atom. The number of rotatable bonds is 4. The van der Waals surface area contributed by atoms with E-state index >= 15 is 0 Å². The van der Waals surface area contributed by atoms with E-state index in [9.17, 15) is 4.79 Å². The quantitative estimate of drug-likeness (QED) is 0.429. The summed E-state index contributed by atoms with van der Waals surface area (Å²) in [6, 6.07) is 3.70. The summed E-state index contributed by atoms with van der Waals surface area (Å²) in [7, 11) is 3.87. The Hall–Kier alpha value is -1.35. The topological polar surface area (TPSA) is 20.3 Å². The van der Waals surface area contributed by atoms with Gasteiger partial charge in [-0.25, -0.2) is 0 Å². The second-order valence-corrected chi connectivity index (χ2v) is 3.95. The van der Waals surface area contributed by atoms with Gasteiger partial charge in [-0.15, -0.1) is 11.3 Å². The first kappa shape index (κ1) is 10.7. The van der Waals surface area contributed by atoms with Crippen molar-refractivity contribution in [2.75, 3.05) is 14.1 Å². The minimum absolute atomic E-state index is 0.0587. The minimum Gasteiger partial charge on any atom is -0.383 e. The van der Waals surface area contributed by atoms with Crippen molar-refractivity contribution in [3.8, 4) is 0 Å². The maximum absolute atomic E-state index is 11.4. The number of ketones is 1. The Morgan fingerprint density at radius 2 is 2.21 bits per heavy atom. The first-order chi connectivity index (χ1) is 6.70. The van der Waals surface area contributed by atoms with Gasteiger partial charge in [0.1, 0.15) is 0 Å². The zero-order valence-corrected chi connectivity index (χ0v) is 9.12. The lowest BCUT2D eigenvalue weighted by Gasteiger charge is -2.00. The molecule has 74 valence electrons. The maximum atomic E-state index is 11.4. The molecule has 0 atom stereocenters. The normalized spacial score (nSPS) is 11.3. The number of hydrogen-bond acceptors (Lipinski definition) is 3. The largest absolute Gasteiger partial charge is 0.383 e. The highest BCUT2D eigenvalue weighted by Gasteiger charge is 1.99. The molecule has 0 aliphatic carbocycles. The van der Waals surface area contributed by atoms with Gasteiger partial charge in [0.2, 0.25) is 0 Å². The van der Waals surface area contributed by atoms with Crippen LogP contribution in [0.5, 0.6) is 0 Å². The third-order valence-electron chi connectivity index (χ3n) is 1.51. The third kappa shape index (κ3) is 3.58. The van der Waals surface area contributed by atoms with Crippen LogP contribution < -0.4 is 0 Å². The summed E-state index contributed by atoms with van der Waals surface area (Å²) >= 11 is 1.46. The van der Waals surface area contributed by atoms with Gasteiger partial charge in [0.15, 0.2) is 5.78 Å². The molecule has 0 N–H and O–H groups in total. The number of carbonyl (C=O) groups excluding carboxylic acids is 1. The molecule has 0 aromatic carbocycles. The number of nitrogens with zero attached hydrogens (tertiary/aromatic N) is 1. The lowest BCUT2D eigenvalue weighted by atomic mass is 10.3. The van der Waals surface area contributed by atoms with Gasteiger partial charge in [0.25, 0.3) is 0 Å². The van der Waals surface area contributed by atoms with Crippen molar-refractivity contribution in [2.24, 2.45) is 0 Å². The molecule has 0 radical (unpaired) electrons. The van der Waals surface area contributed by atoms with E-state index < -0.39 is 0 Å². The van der Waals surface area contributed by atoms with E-state index in [1.807, 2.05) is 48.8 Å². The Labute approximate surface area is 88.2 Å². The van der Waals surface area contributed by atoms with E-state index in [2.05, 4.69) is 0 Å². The summed E-state index contributed by atoms with van der Waals surface area (Å²) in [6.45, 7) is 0. The molecule has 0 saturated carbocycles. The van der Waals surface area contributed by atoms with E-state index in [4.69, 9.17) is 0 Å². The Morgan fingerprint density at radius 1 is 1.43 bits per heavy atom. The third-order valence-corrected chi connectivity index (χ3v) is 2.39. The summed E-state index contributed by atoms with van der Waals surface area (Å²) in [6.07, 6.45) is 7.05. The Balaban J connectivity index is 2.49. The smallest absolute Gasteiger partial charge is 0.195 e. The van der Waals surface area contributed by atoms with Crippen LogP contribution in [0.15, 0.2) is 41.9 Å². The minimum atomic E-state index is 0.0587. The van der Waals surface area contributed by atoms with Crippen LogP contribution in [-0.2, 0) is 0 Å². The molecule has 1 aromatic rings. The molecule has 1 aromatic heterocycles. The summed E-state index contributed by atoms with van der Waals surface area (Å²) in [5.41, 5.74) is 0. The Kier molecular flexibility index (Phi) is 4.13. The molecular formula is C11H13NOS. The van der Waals surface area contributed by atoms with Crippen LogP contribution in [0.2, 0.25) is 0 Å². The second kappa shape index (κ2) is 5.40. The van der Waals surface area contributed by atoms with Crippen LogP contribution in [0.3, 0.4) is 0 Å². The van der Waals surface area contributed by atoms with Crippen LogP contribution in [-0.4, -0.2) is 24.8 Å². The molecule has 0 bridgehead atoms. The SMILES string of the molecule is CN(C)/C=C/C=C/C(=O)c1cccs1. The van der Waals surface area contributed by atoms with Crippen molar-refractivity contribution in [1.29, 1.82) is 0 Å². The molecule has 0 aliphatic rings. The number of hydrogen-bond donors (Lipinski definition) is 0. The van der Waals surface area contributed by atoms with E-state index in [1.54, 1.807) is 12.2 Å². The molecular weight excluding hydrogens is 194 g/mol. The van der Waals surface area contributed by atoms with Crippen molar-refractivity contribution in [2.45, 2.75) is 0 Å². The van der Waals surface area contributed by atoms with Gasteiger partial charge in [0.05, 0.1) is 4.88 Å². The molecule has 0 aliphatic heterocycles. The van der Waals surface area contributed by atoms with Gasteiger partial charge in [-0.1, -0.05) is 12.1 Å². The highest BCUT2D eigenvalue weighted by Crippen LogP contribution is 2.09. The van der Waals surface area contributed by atoms with Crippen LogP contribution in [0.1, 0.15) is 9.67 Å². The predicted molar refractivity (Wildman–Crippen MR) is 60.6 cm³/mol. The van der Waals surface area contributed by atoms with Gasteiger partial charge in [0, 0.05) is 14.1 Å². The first-order valence-corrected chi connectivity index (χ1v) is 5.17. The standard InChI is InChI=1S/C11H13NOS/c1-12(2)8-4-3-6-10(13)11-7-5-9-14-11/h3-9H,1-2H3/b6-3+,8-4+. The van der Waals surface area contributed by atoms with Crippen LogP contribution in [0, 0.1) is 0 Å². The fourth-order valence-electron chi connectivity index (χ4n) is 0.866. The zero-order chi connectivity index (χ0) is 10.4. The summed E-state index contributed by atoms with van der Waals surface area (Å²) < 4.78 is 0. The fourth-order valence-corrected chi connectivity index (χ4v) is 1.51. The molecule has 0 unspecified atom stereocenters. The van der Waals surface area contributed by atoms with Gasteiger partial charge < -0.3 is 4.90 Å².